The summed E-state index contributed by atoms with van der Waals surface area (Å²) in [4.78, 5) is 22.4. The van der Waals surface area contributed by atoms with Crippen LogP contribution in [0.2, 0.25) is 0 Å². The molecule has 4 N–H and O–H groups in total. The van der Waals surface area contributed by atoms with Crippen molar-refractivity contribution in [2.75, 3.05) is 6.54 Å². The molecule has 0 aliphatic heterocycles. The lowest BCUT2D eigenvalue weighted by Gasteiger charge is -2.04. The van der Waals surface area contributed by atoms with Crippen molar-refractivity contribution in [3.8, 4) is 0 Å². The van der Waals surface area contributed by atoms with Crippen LogP contribution in [-0.2, 0) is 20.7 Å². The monoisotopic (exact) mass is 235 g/mol. The molecule has 1 rings (SSSR count). The van der Waals surface area contributed by atoms with E-state index < -0.39 is 11.9 Å². The first-order valence-electron chi connectivity index (χ1n) is 4.93. The Kier molecular flexibility index (Phi) is 4.68. The van der Waals surface area contributed by atoms with E-state index >= 15 is 0 Å². The van der Waals surface area contributed by atoms with Crippen LogP contribution >= 0.6 is 0 Å². The second kappa shape index (κ2) is 6.26. The molecule has 0 amide bonds. The number of hydrogen-bond donors (Lipinski definition) is 3. The zero-order valence-corrected chi connectivity index (χ0v) is 9.10. The summed E-state index contributed by atoms with van der Waals surface area (Å²) in [6.45, 7) is -0.296. The summed E-state index contributed by atoms with van der Waals surface area (Å²) in [6.07, 6.45) is 0.0344. The lowest BCUT2D eigenvalue weighted by Crippen LogP contribution is -2.36. The van der Waals surface area contributed by atoms with Crippen LogP contribution in [0.4, 0.5) is 0 Å². The first kappa shape index (κ1) is 12.7. The summed E-state index contributed by atoms with van der Waals surface area (Å²) in [6, 6.07) is 8.94. The van der Waals surface area contributed by atoms with Gasteiger partial charge in [-0.25, -0.2) is 4.79 Å². The van der Waals surface area contributed by atoms with Crippen molar-refractivity contribution in [3.63, 3.8) is 0 Å². The highest BCUT2D eigenvalue weighted by Crippen LogP contribution is 2.00. The van der Waals surface area contributed by atoms with E-state index in [9.17, 15) is 9.59 Å². The van der Waals surface area contributed by atoms with E-state index in [4.69, 9.17) is 11.1 Å². The third-order valence-electron chi connectivity index (χ3n) is 1.84. The lowest BCUT2D eigenvalue weighted by molar-refractivity contribution is -0.158. The average molecular weight is 235 g/mol. The van der Waals surface area contributed by atoms with Crippen LogP contribution in [0, 0.1) is 5.41 Å². The molecule has 0 bridgehead atoms. The van der Waals surface area contributed by atoms with Gasteiger partial charge in [-0.15, -0.1) is 0 Å². The van der Waals surface area contributed by atoms with E-state index in [1.54, 1.807) is 24.3 Å². The Labute approximate surface area is 98.3 Å². The van der Waals surface area contributed by atoms with Gasteiger partial charge in [0.2, 0.25) is 0 Å². The smallest absolute Gasteiger partial charge is 0.333 e. The van der Waals surface area contributed by atoms with Crippen LogP contribution in [0.15, 0.2) is 30.3 Å². The van der Waals surface area contributed by atoms with Gasteiger partial charge in [0.1, 0.15) is 6.54 Å². The molecular formula is C11H13N3O3. The van der Waals surface area contributed by atoms with Crippen molar-refractivity contribution in [1.29, 1.82) is 5.41 Å². The number of hydrogen-bond acceptors (Lipinski definition) is 4. The number of esters is 2. The molecule has 0 aliphatic carbocycles. The summed E-state index contributed by atoms with van der Waals surface area (Å²) in [5.41, 5.74) is 5.74. The van der Waals surface area contributed by atoms with Crippen molar-refractivity contribution in [2.24, 2.45) is 5.73 Å². The van der Waals surface area contributed by atoms with E-state index in [0.717, 1.165) is 5.56 Å². The van der Waals surface area contributed by atoms with Crippen molar-refractivity contribution < 1.29 is 14.3 Å². The Hall–Kier alpha value is -2.37. The standard InChI is InChI=1S/C11H13N3O3/c12-11(13)14-7-10(16)17-9(15)6-8-4-2-1-3-5-8/h1-5H,6-7H2,(H4,12,13,14). The molecule has 6 nitrogen and oxygen atoms in total. The van der Waals surface area contributed by atoms with Gasteiger partial charge in [-0.3, -0.25) is 10.2 Å². The number of guanidine groups is 1. The fraction of sp³-hybridized carbons (Fsp3) is 0.182. The fourth-order valence-electron chi connectivity index (χ4n) is 1.13. The molecule has 0 spiro atoms. The summed E-state index contributed by atoms with van der Waals surface area (Å²) < 4.78 is 4.51. The Balaban J connectivity index is 2.35. The Bertz CT molecular complexity index is 417. The Morgan fingerprint density at radius 1 is 1.24 bits per heavy atom. The van der Waals surface area contributed by atoms with E-state index in [-0.39, 0.29) is 18.9 Å². The minimum absolute atomic E-state index is 0.0344. The second-order valence-electron chi connectivity index (χ2n) is 3.28. The Morgan fingerprint density at radius 2 is 1.88 bits per heavy atom. The maximum Gasteiger partial charge on any atom is 0.333 e. The molecule has 0 radical (unpaired) electrons. The lowest BCUT2D eigenvalue weighted by atomic mass is 10.2. The topological polar surface area (TPSA) is 105 Å². The van der Waals surface area contributed by atoms with Gasteiger partial charge in [0.15, 0.2) is 5.96 Å². The number of ether oxygens (including phenoxy) is 1. The first-order chi connectivity index (χ1) is 8.08. The van der Waals surface area contributed by atoms with Crippen LogP contribution in [0.5, 0.6) is 0 Å². The third kappa shape index (κ3) is 5.31. The highest BCUT2D eigenvalue weighted by atomic mass is 16.6. The number of carbonyl (C=O) groups excluding carboxylic acids is 2. The van der Waals surface area contributed by atoms with Crippen LogP contribution in [0.25, 0.3) is 0 Å². The highest BCUT2D eigenvalue weighted by Gasteiger charge is 2.10. The van der Waals surface area contributed by atoms with Crippen LogP contribution in [0.1, 0.15) is 5.56 Å². The van der Waals surface area contributed by atoms with Gasteiger partial charge in [-0.05, 0) is 5.56 Å². The average Bonchev–Trinajstić information content (AvgIpc) is 2.27. The quantitative estimate of drug-likeness (QED) is 0.289. The third-order valence-corrected chi connectivity index (χ3v) is 1.84. The molecule has 0 saturated carbocycles. The zero-order valence-electron chi connectivity index (χ0n) is 9.10. The van der Waals surface area contributed by atoms with Gasteiger partial charge in [0, 0.05) is 0 Å². The van der Waals surface area contributed by atoms with Crippen LogP contribution < -0.4 is 11.1 Å². The van der Waals surface area contributed by atoms with Gasteiger partial charge in [0.25, 0.3) is 0 Å². The zero-order chi connectivity index (χ0) is 12.7. The molecule has 0 aliphatic rings. The van der Waals surface area contributed by atoms with Crippen LogP contribution in [-0.4, -0.2) is 24.4 Å². The van der Waals surface area contributed by atoms with Gasteiger partial charge >= 0.3 is 11.9 Å². The summed E-state index contributed by atoms with van der Waals surface area (Å²) in [7, 11) is 0. The molecule has 0 saturated heterocycles. The van der Waals surface area contributed by atoms with Gasteiger partial charge in [-0.1, -0.05) is 30.3 Å². The van der Waals surface area contributed by atoms with E-state index in [0.29, 0.717) is 0 Å². The van der Waals surface area contributed by atoms with Gasteiger partial charge in [-0.2, -0.15) is 0 Å². The largest absolute Gasteiger partial charge is 0.392 e. The van der Waals surface area contributed by atoms with E-state index in [2.05, 4.69) is 10.1 Å². The Morgan fingerprint density at radius 3 is 2.47 bits per heavy atom. The molecule has 0 unspecified atom stereocenters. The SMILES string of the molecule is N=C(N)NCC(=O)OC(=O)Cc1ccccc1. The fourth-order valence-corrected chi connectivity index (χ4v) is 1.13. The second-order valence-corrected chi connectivity index (χ2v) is 3.28. The number of nitrogens with two attached hydrogens (primary N) is 1. The maximum absolute atomic E-state index is 11.3. The molecule has 0 atom stereocenters. The molecule has 0 heterocycles. The first-order valence-corrected chi connectivity index (χ1v) is 4.93. The molecular weight excluding hydrogens is 222 g/mol. The summed E-state index contributed by atoms with van der Waals surface area (Å²) in [5, 5.41) is 9.07. The normalized spacial score (nSPS) is 9.41. The molecule has 0 fully saturated rings. The maximum atomic E-state index is 11.3. The predicted molar refractivity (Wildman–Crippen MR) is 61.2 cm³/mol. The molecule has 0 aromatic heterocycles. The molecule has 6 heteroatoms. The number of benzene rings is 1. The number of carbonyl (C=O) groups is 2. The summed E-state index contributed by atoms with van der Waals surface area (Å²) >= 11 is 0. The van der Waals surface area contributed by atoms with E-state index in [1.807, 2.05) is 6.07 Å². The van der Waals surface area contributed by atoms with Crippen molar-refractivity contribution in [1.82, 2.24) is 5.32 Å². The minimum Gasteiger partial charge on any atom is -0.392 e. The van der Waals surface area contributed by atoms with E-state index in [1.165, 1.54) is 0 Å². The van der Waals surface area contributed by atoms with Crippen LogP contribution in [0.3, 0.4) is 0 Å². The van der Waals surface area contributed by atoms with Crippen molar-refractivity contribution in [3.05, 3.63) is 35.9 Å². The predicted octanol–water partition coefficient (Wildman–Crippen LogP) is -0.218. The van der Waals surface area contributed by atoms with Gasteiger partial charge < -0.3 is 15.8 Å². The highest BCUT2D eigenvalue weighted by molar-refractivity contribution is 5.89. The summed E-state index contributed by atoms with van der Waals surface area (Å²) in [5.74, 6) is -1.75. The molecule has 1 aromatic carbocycles. The molecule has 90 valence electrons. The number of nitrogens with one attached hydrogen (secondary N) is 2. The minimum atomic E-state index is -0.763. The molecule has 17 heavy (non-hydrogen) atoms. The number of rotatable bonds is 4. The van der Waals surface area contributed by atoms with Crippen molar-refractivity contribution in [2.45, 2.75) is 6.42 Å². The van der Waals surface area contributed by atoms with Gasteiger partial charge in [0.05, 0.1) is 6.42 Å². The van der Waals surface area contributed by atoms with Crippen molar-refractivity contribution >= 4 is 17.9 Å². The molecule has 1 aromatic rings.